The number of fused-ring (bicyclic) bond motifs is 2. The van der Waals surface area contributed by atoms with E-state index in [-0.39, 0.29) is 24.3 Å². The van der Waals surface area contributed by atoms with Crippen LogP contribution in [0.2, 0.25) is 0 Å². The summed E-state index contributed by atoms with van der Waals surface area (Å²) in [7, 11) is 1.73. The first kappa shape index (κ1) is 26.2. The molecule has 0 aliphatic carbocycles. The lowest BCUT2D eigenvalue weighted by atomic mass is 9.86. The number of likely N-dealkylation sites (tertiary alicyclic amines) is 1. The summed E-state index contributed by atoms with van der Waals surface area (Å²) in [6.45, 7) is 5.93. The Morgan fingerprint density at radius 1 is 1.30 bits per heavy atom. The second-order valence-electron chi connectivity index (χ2n) is 9.33. The van der Waals surface area contributed by atoms with Gasteiger partial charge in [0.25, 0.3) is 0 Å². The highest BCUT2D eigenvalue weighted by molar-refractivity contribution is 5.87. The van der Waals surface area contributed by atoms with Gasteiger partial charge in [0.2, 0.25) is 18.3 Å². The Kier molecular flexibility index (Phi) is 7.23. The van der Waals surface area contributed by atoms with Crippen LogP contribution in [0.25, 0.3) is 22.4 Å². The van der Waals surface area contributed by atoms with Crippen LogP contribution in [0.1, 0.15) is 32.9 Å². The number of nitrogens with zero attached hydrogens (tertiary/aromatic N) is 7. The van der Waals surface area contributed by atoms with Crippen LogP contribution < -0.4 is 11.1 Å². The molecule has 37 heavy (non-hydrogen) atoms. The van der Waals surface area contributed by atoms with Gasteiger partial charge in [0.1, 0.15) is 11.2 Å². The van der Waals surface area contributed by atoms with Crippen LogP contribution in [0.4, 0.5) is 24.9 Å². The van der Waals surface area contributed by atoms with Gasteiger partial charge in [-0.15, -0.1) is 5.10 Å². The van der Waals surface area contributed by atoms with Crippen LogP contribution in [0.15, 0.2) is 30.6 Å². The van der Waals surface area contributed by atoms with Gasteiger partial charge in [0.15, 0.2) is 11.5 Å². The average Bonchev–Trinajstić information content (AvgIpc) is 3.44. The molecule has 0 spiro atoms. The van der Waals surface area contributed by atoms with Gasteiger partial charge in [-0.25, -0.2) is 27.2 Å². The molecule has 13 heteroatoms. The molecule has 10 nitrogen and oxygen atoms in total. The highest BCUT2D eigenvalue weighted by Crippen LogP contribution is 2.30. The molecule has 0 radical (unpaired) electrons. The minimum absolute atomic E-state index is 0.0224. The van der Waals surface area contributed by atoms with Crippen molar-refractivity contribution in [1.82, 2.24) is 34.1 Å². The standard InChI is InChI=1S/C15H14F2N8.C9H16FNO/c1-19-14-13-9(4-5-24(13)23-15(18)21-14)10-2-3-12-20-7-8(6-11(16)17)25(12)22-10;1-7-4-5-11(8(2)12)6-9(7,3)10/h2-5,7,11H,6H2,1H3,(H3,18,19,21,23);7H,4-6H2,1-3H3. The number of nitrogens with two attached hydrogens (primary N) is 1. The first-order valence-corrected chi connectivity index (χ1v) is 11.9. The molecule has 4 aromatic rings. The van der Waals surface area contributed by atoms with Gasteiger partial charge in [0.05, 0.1) is 30.6 Å². The SMILES string of the molecule is CC(=O)N1CCC(C)C(C)(F)C1.CNc1nc(N)nn2ccc(-c3ccc4ncc(CC(F)F)n4n3)c12. The Labute approximate surface area is 211 Å². The number of aromatic nitrogens is 6. The minimum Gasteiger partial charge on any atom is -0.371 e. The highest BCUT2D eigenvalue weighted by Gasteiger charge is 2.37. The van der Waals surface area contributed by atoms with Crippen molar-refractivity contribution in [2.75, 3.05) is 31.2 Å². The number of anilines is 2. The van der Waals surface area contributed by atoms with Gasteiger partial charge < -0.3 is 16.0 Å². The van der Waals surface area contributed by atoms with Crippen molar-refractivity contribution in [3.05, 3.63) is 36.3 Å². The van der Waals surface area contributed by atoms with Crippen molar-refractivity contribution >= 4 is 28.8 Å². The number of carbonyl (C=O) groups is 1. The number of nitrogen functional groups attached to an aromatic ring is 1. The maximum Gasteiger partial charge on any atom is 0.244 e. The molecule has 1 fully saturated rings. The zero-order chi connectivity index (χ0) is 26.9. The molecule has 0 saturated carbocycles. The summed E-state index contributed by atoms with van der Waals surface area (Å²) < 4.78 is 42.2. The highest BCUT2D eigenvalue weighted by atomic mass is 19.3. The molecule has 1 amide bonds. The average molecular weight is 518 g/mol. The minimum atomic E-state index is -2.46. The molecular formula is C24H30F3N9O. The smallest absolute Gasteiger partial charge is 0.244 e. The first-order chi connectivity index (χ1) is 17.5. The van der Waals surface area contributed by atoms with Crippen molar-refractivity contribution in [2.24, 2.45) is 5.92 Å². The summed E-state index contributed by atoms with van der Waals surface area (Å²) in [6.07, 6.45) is 1.05. The molecule has 1 saturated heterocycles. The maximum absolute atomic E-state index is 13.7. The third-order valence-corrected chi connectivity index (χ3v) is 6.64. The van der Waals surface area contributed by atoms with Crippen molar-refractivity contribution in [3.63, 3.8) is 0 Å². The molecule has 5 heterocycles. The monoisotopic (exact) mass is 517 g/mol. The van der Waals surface area contributed by atoms with E-state index in [0.717, 1.165) is 12.0 Å². The number of nitrogens with one attached hydrogen (secondary N) is 1. The fourth-order valence-corrected chi connectivity index (χ4v) is 4.31. The van der Waals surface area contributed by atoms with Crippen LogP contribution in [0.3, 0.4) is 0 Å². The third kappa shape index (κ3) is 5.44. The van der Waals surface area contributed by atoms with Gasteiger partial charge in [-0.2, -0.15) is 10.1 Å². The number of carbonyl (C=O) groups excluding carboxylic acids is 1. The van der Waals surface area contributed by atoms with Gasteiger partial charge in [-0.3, -0.25) is 4.79 Å². The van der Waals surface area contributed by atoms with E-state index in [2.05, 4.69) is 25.5 Å². The van der Waals surface area contributed by atoms with E-state index in [0.29, 0.717) is 34.9 Å². The molecule has 3 N–H and O–H groups in total. The van der Waals surface area contributed by atoms with Crippen LogP contribution in [-0.4, -0.2) is 72.2 Å². The predicted molar refractivity (Wildman–Crippen MR) is 134 cm³/mol. The van der Waals surface area contributed by atoms with E-state index in [1.165, 1.54) is 17.6 Å². The second-order valence-corrected chi connectivity index (χ2v) is 9.33. The Morgan fingerprint density at radius 3 is 2.70 bits per heavy atom. The number of piperidine rings is 1. The summed E-state index contributed by atoms with van der Waals surface area (Å²) in [5.74, 6) is 0.725. The van der Waals surface area contributed by atoms with Gasteiger partial charge in [-0.1, -0.05) is 6.92 Å². The summed E-state index contributed by atoms with van der Waals surface area (Å²) in [5, 5.41) is 11.6. The number of amides is 1. The fraction of sp³-hybridized carbons (Fsp3) is 0.458. The van der Waals surface area contributed by atoms with Gasteiger partial charge in [0, 0.05) is 32.3 Å². The van der Waals surface area contributed by atoms with E-state index >= 15 is 0 Å². The van der Waals surface area contributed by atoms with E-state index in [9.17, 15) is 18.0 Å². The number of halogens is 3. The number of hydrogen-bond acceptors (Lipinski definition) is 7. The van der Waals surface area contributed by atoms with Crippen LogP contribution in [0.5, 0.6) is 0 Å². The van der Waals surface area contributed by atoms with E-state index in [4.69, 9.17) is 5.73 Å². The fourth-order valence-electron chi connectivity index (χ4n) is 4.31. The Morgan fingerprint density at radius 2 is 2.05 bits per heavy atom. The van der Waals surface area contributed by atoms with Crippen LogP contribution in [-0.2, 0) is 11.2 Å². The Balaban J connectivity index is 0.000000225. The summed E-state index contributed by atoms with van der Waals surface area (Å²) >= 11 is 0. The van der Waals surface area contributed by atoms with E-state index in [1.54, 1.807) is 41.7 Å². The van der Waals surface area contributed by atoms with Crippen molar-refractivity contribution in [1.29, 1.82) is 0 Å². The van der Waals surface area contributed by atoms with Crippen LogP contribution in [0, 0.1) is 5.92 Å². The zero-order valence-corrected chi connectivity index (χ0v) is 21.1. The maximum atomic E-state index is 13.7. The van der Waals surface area contributed by atoms with Crippen molar-refractivity contribution < 1.29 is 18.0 Å². The molecule has 2 atom stereocenters. The molecule has 0 aromatic carbocycles. The van der Waals surface area contributed by atoms with Crippen LogP contribution >= 0.6 is 0 Å². The lowest BCUT2D eigenvalue weighted by molar-refractivity contribution is -0.134. The van der Waals surface area contributed by atoms with Gasteiger partial charge in [-0.05, 0) is 37.5 Å². The number of hydrogen-bond donors (Lipinski definition) is 2. The van der Waals surface area contributed by atoms with E-state index < -0.39 is 18.5 Å². The summed E-state index contributed by atoms with van der Waals surface area (Å²) in [4.78, 5) is 20.8. The molecule has 0 bridgehead atoms. The number of rotatable bonds is 4. The van der Waals surface area contributed by atoms with Gasteiger partial charge >= 0.3 is 0 Å². The Hall–Kier alpha value is -3.90. The molecule has 198 valence electrons. The van der Waals surface area contributed by atoms with Crippen molar-refractivity contribution in [2.45, 2.75) is 45.7 Å². The molecule has 1 aliphatic heterocycles. The number of alkyl halides is 3. The number of imidazole rings is 1. The second kappa shape index (κ2) is 10.2. The molecule has 5 rings (SSSR count). The quantitative estimate of drug-likeness (QED) is 0.426. The Bertz CT molecular complexity index is 1420. The molecule has 2 unspecified atom stereocenters. The third-order valence-electron chi connectivity index (χ3n) is 6.64. The molecule has 1 aliphatic rings. The van der Waals surface area contributed by atoms with Crippen molar-refractivity contribution in [3.8, 4) is 11.3 Å². The normalized spacial score (nSPS) is 19.8. The summed E-state index contributed by atoms with van der Waals surface area (Å²) in [6, 6.07) is 5.33. The molecular weight excluding hydrogens is 487 g/mol. The predicted octanol–water partition coefficient (Wildman–Crippen LogP) is 3.47. The summed E-state index contributed by atoms with van der Waals surface area (Å²) in [5.41, 5.74) is 7.39. The lowest BCUT2D eigenvalue weighted by Gasteiger charge is -2.39. The topological polar surface area (TPSA) is 119 Å². The first-order valence-electron chi connectivity index (χ1n) is 11.9. The largest absolute Gasteiger partial charge is 0.371 e. The van der Waals surface area contributed by atoms with E-state index in [1.807, 2.05) is 13.0 Å². The molecule has 4 aromatic heterocycles. The zero-order valence-electron chi connectivity index (χ0n) is 21.1. The lowest BCUT2D eigenvalue weighted by Crippen LogP contribution is -2.49.